The second kappa shape index (κ2) is 4.49. The van der Waals surface area contributed by atoms with Gasteiger partial charge in [0.2, 0.25) is 0 Å². The Bertz CT molecular complexity index is 492. The smallest absolute Gasteiger partial charge is 0.416 e. The molecule has 0 radical (unpaired) electrons. The van der Waals surface area contributed by atoms with Crippen LogP contribution in [-0.4, -0.2) is 0 Å². The highest BCUT2D eigenvalue weighted by Crippen LogP contribution is 2.29. The van der Waals surface area contributed by atoms with E-state index in [4.69, 9.17) is 4.42 Å². The maximum absolute atomic E-state index is 12.3. The molecule has 1 nitrogen and oxygen atoms in total. The van der Waals surface area contributed by atoms with E-state index in [9.17, 15) is 13.2 Å². The molecular weight excluding hydrogens is 229 g/mol. The molecule has 1 aromatic heterocycles. The third kappa shape index (κ3) is 3.00. The first-order valence-electron chi connectivity index (χ1n) is 4.93. The lowest BCUT2D eigenvalue weighted by molar-refractivity contribution is -0.137. The molecule has 0 saturated carbocycles. The van der Waals surface area contributed by atoms with Crippen LogP contribution in [0.25, 0.3) is 12.2 Å². The van der Waals surface area contributed by atoms with Crippen molar-refractivity contribution < 1.29 is 17.6 Å². The molecule has 2 rings (SSSR count). The van der Waals surface area contributed by atoms with E-state index in [1.165, 1.54) is 18.4 Å². The zero-order valence-corrected chi connectivity index (χ0v) is 8.74. The van der Waals surface area contributed by atoms with E-state index in [-0.39, 0.29) is 0 Å². The van der Waals surface area contributed by atoms with E-state index in [1.54, 1.807) is 24.5 Å². The first kappa shape index (κ1) is 11.5. The standard InChI is InChI=1S/C13H9F3O/c14-13(15,16)12-5-3-10(4-6-12)1-2-11-7-8-17-9-11/h1-9H/b2-1-. The highest BCUT2D eigenvalue weighted by atomic mass is 19.4. The van der Waals surface area contributed by atoms with Gasteiger partial charge in [-0.1, -0.05) is 24.3 Å². The van der Waals surface area contributed by atoms with Crippen molar-refractivity contribution in [2.45, 2.75) is 6.18 Å². The molecule has 0 amide bonds. The van der Waals surface area contributed by atoms with Gasteiger partial charge in [0.15, 0.2) is 0 Å². The van der Waals surface area contributed by atoms with Gasteiger partial charge in [-0.3, -0.25) is 0 Å². The molecule has 0 fully saturated rings. The van der Waals surface area contributed by atoms with Crippen molar-refractivity contribution in [1.82, 2.24) is 0 Å². The van der Waals surface area contributed by atoms with Gasteiger partial charge in [0.1, 0.15) is 0 Å². The van der Waals surface area contributed by atoms with Gasteiger partial charge >= 0.3 is 6.18 Å². The zero-order valence-electron chi connectivity index (χ0n) is 8.74. The van der Waals surface area contributed by atoms with Crippen molar-refractivity contribution in [3.63, 3.8) is 0 Å². The molecule has 0 saturated heterocycles. The fourth-order valence-corrected chi connectivity index (χ4v) is 1.35. The Kier molecular flexibility index (Phi) is 3.04. The zero-order chi connectivity index (χ0) is 12.3. The van der Waals surface area contributed by atoms with Crippen LogP contribution in [0.2, 0.25) is 0 Å². The van der Waals surface area contributed by atoms with Gasteiger partial charge in [0, 0.05) is 5.56 Å². The van der Waals surface area contributed by atoms with E-state index < -0.39 is 11.7 Å². The van der Waals surface area contributed by atoms with Gasteiger partial charge in [-0.15, -0.1) is 0 Å². The molecular formula is C13H9F3O. The number of furan rings is 1. The Morgan fingerprint density at radius 2 is 1.53 bits per heavy atom. The summed E-state index contributed by atoms with van der Waals surface area (Å²) in [6.07, 6.45) is 2.30. The molecule has 0 bridgehead atoms. The number of hydrogen-bond acceptors (Lipinski definition) is 1. The van der Waals surface area contributed by atoms with Crippen molar-refractivity contribution in [3.05, 3.63) is 59.5 Å². The van der Waals surface area contributed by atoms with Crippen LogP contribution < -0.4 is 0 Å². The highest BCUT2D eigenvalue weighted by Gasteiger charge is 2.29. The second-order valence-corrected chi connectivity index (χ2v) is 3.51. The molecule has 0 aliphatic heterocycles. The molecule has 0 atom stereocenters. The lowest BCUT2D eigenvalue weighted by Crippen LogP contribution is -2.03. The molecule has 0 N–H and O–H groups in total. The molecule has 0 aliphatic rings. The van der Waals surface area contributed by atoms with Gasteiger partial charge in [0.25, 0.3) is 0 Å². The Balaban J connectivity index is 2.14. The third-order valence-electron chi connectivity index (χ3n) is 2.25. The third-order valence-corrected chi connectivity index (χ3v) is 2.25. The molecule has 17 heavy (non-hydrogen) atoms. The fourth-order valence-electron chi connectivity index (χ4n) is 1.35. The summed E-state index contributed by atoms with van der Waals surface area (Å²) < 4.78 is 41.8. The Morgan fingerprint density at radius 3 is 2.06 bits per heavy atom. The molecule has 0 aliphatic carbocycles. The van der Waals surface area contributed by atoms with E-state index in [0.29, 0.717) is 5.56 Å². The molecule has 0 unspecified atom stereocenters. The van der Waals surface area contributed by atoms with Crippen LogP contribution >= 0.6 is 0 Å². The quantitative estimate of drug-likeness (QED) is 0.752. The van der Waals surface area contributed by atoms with Gasteiger partial charge in [-0.2, -0.15) is 13.2 Å². The van der Waals surface area contributed by atoms with Crippen LogP contribution in [-0.2, 0) is 6.18 Å². The predicted molar refractivity (Wildman–Crippen MR) is 59.1 cm³/mol. The second-order valence-electron chi connectivity index (χ2n) is 3.51. The van der Waals surface area contributed by atoms with Crippen molar-refractivity contribution in [1.29, 1.82) is 0 Å². The normalized spacial score (nSPS) is 12.2. The van der Waals surface area contributed by atoms with Crippen LogP contribution in [0.5, 0.6) is 0 Å². The summed E-state index contributed by atoms with van der Waals surface area (Å²) in [6, 6.07) is 6.75. The van der Waals surface area contributed by atoms with E-state index >= 15 is 0 Å². The lowest BCUT2D eigenvalue weighted by atomic mass is 10.1. The summed E-state index contributed by atoms with van der Waals surface area (Å²) in [5.41, 5.74) is 0.932. The maximum atomic E-state index is 12.3. The number of rotatable bonds is 2. The summed E-state index contributed by atoms with van der Waals surface area (Å²) in [5.74, 6) is 0. The van der Waals surface area contributed by atoms with E-state index in [0.717, 1.165) is 17.7 Å². The van der Waals surface area contributed by atoms with Crippen molar-refractivity contribution in [2.24, 2.45) is 0 Å². The maximum Gasteiger partial charge on any atom is 0.416 e. The molecule has 4 heteroatoms. The topological polar surface area (TPSA) is 13.1 Å². The number of alkyl halides is 3. The van der Waals surface area contributed by atoms with Crippen LogP contribution in [0, 0.1) is 0 Å². The van der Waals surface area contributed by atoms with Crippen molar-refractivity contribution in [3.8, 4) is 0 Å². The first-order chi connectivity index (χ1) is 8.05. The molecule has 88 valence electrons. The fraction of sp³-hybridized carbons (Fsp3) is 0.0769. The molecule has 2 aromatic rings. The minimum absolute atomic E-state index is 0.641. The van der Waals surface area contributed by atoms with Gasteiger partial charge in [0.05, 0.1) is 18.1 Å². The Morgan fingerprint density at radius 1 is 0.882 bits per heavy atom. The Labute approximate surface area is 96.2 Å². The number of halogens is 3. The van der Waals surface area contributed by atoms with Crippen LogP contribution in [0.1, 0.15) is 16.7 Å². The lowest BCUT2D eigenvalue weighted by Gasteiger charge is -2.05. The average Bonchev–Trinajstić information content (AvgIpc) is 2.78. The summed E-state index contributed by atoms with van der Waals surface area (Å²) in [6.45, 7) is 0. The highest BCUT2D eigenvalue weighted by molar-refractivity contribution is 5.69. The van der Waals surface area contributed by atoms with Gasteiger partial charge < -0.3 is 4.42 Å². The minimum Gasteiger partial charge on any atom is -0.472 e. The first-order valence-corrected chi connectivity index (χ1v) is 4.93. The number of benzene rings is 1. The number of hydrogen-bond donors (Lipinski definition) is 0. The van der Waals surface area contributed by atoms with Crippen LogP contribution in [0.15, 0.2) is 47.3 Å². The summed E-state index contributed by atoms with van der Waals surface area (Å²) in [4.78, 5) is 0. The summed E-state index contributed by atoms with van der Waals surface area (Å²) in [5, 5.41) is 0. The van der Waals surface area contributed by atoms with E-state index in [2.05, 4.69) is 0 Å². The van der Waals surface area contributed by atoms with Crippen molar-refractivity contribution >= 4 is 12.2 Å². The SMILES string of the molecule is FC(F)(F)c1ccc(/C=C\c2ccoc2)cc1. The average molecular weight is 238 g/mol. The molecule has 0 spiro atoms. The minimum atomic E-state index is -4.28. The summed E-state index contributed by atoms with van der Waals surface area (Å²) in [7, 11) is 0. The van der Waals surface area contributed by atoms with Crippen LogP contribution in [0.4, 0.5) is 13.2 Å². The van der Waals surface area contributed by atoms with Crippen molar-refractivity contribution in [2.75, 3.05) is 0 Å². The Hall–Kier alpha value is -1.97. The summed E-state index contributed by atoms with van der Waals surface area (Å²) >= 11 is 0. The largest absolute Gasteiger partial charge is 0.472 e. The monoisotopic (exact) mass is 238 g/mol. The van der Waals surface area contributed by atoms with Crippen LogP contribution in [0.3, 0.4) is 0 Å². The predicted octanol–water partition coefficient (Wildman–Crippen LogP) is 4.47. The van der Waals surface area contributed by atoms with E-state index in [1.807, 2.05) is 0 Å². The molecule has 1 aromatic carbocycles. The molecule has 1 heterocycles. The van der Waals surface area contributed by atoms with Gasteiger partial charge in [-0.05, 0) is 23.8 Å². The van der Waals surface area contributed by atoms with Gasteiger partial charge in [-0.25, -0.2) is 0 Å².